The summed E-state index contributed by atoms with van der Waals surface area (Å²) in [6.45, 7) is 4.43. The fraction of sp³-hybridized carbons (Fsp3) is 0.333. The molecule has 192 valence electrons. The molecule has 37 heavy (non-hydrogen) atoms. The van der Waals surface area contributed by atoms with E-state index in [1.165, 1.54) is 11.1 Å². The molecule has 10 heteroatoms. The highest BCUT2D eigenvalue weighted by atomic mass is 79.9. The Balaban J connectivity index is 1.45. The Morgan fingerprint density at radius 1 is 1.03 bits per heavy atom. The van der Waals surface area contributed by atoms with Crippen molar-refractivity contribution < 1.29 is 4.74 Å². The average molecular weight is 580 g/mol. The predicted molar refractivity (Wildman–Crippen MR) is 157 cm³/mol. The number of methoxy groups -OCH3 is 1. The highest BCUT2D eigenvalue weighted by Gasteiger charge is 2.23. The van der Waals surface area contributed by atoms with Gasteiger partial charge < -0.3 is 20.3 Å². The van der Waals surface area contributed by atoms with Crippen molar-refractivity contribution in [3.63, 3.8) is 0 Å². The molecule has 0 fully saturated rings. The molecule has 1 unspecified atom stereocenters. The van der Waals surface area contributed by atoms with Gasteiger partial charge in [0.1, 0.15) is 11.6 Å². The zero-order chi connectivity index (χ0) is 26.1. The number of rotatable bonds is 7. The van der Waals surface area contributed by atoms with Crippen LogP contribution < -0.4 is 20.7 Å². The third-order valence-electron chi connectivity index (χ3n) is 6.76. The highest BCUT2D eigenvalue weighted by molar-refractivity contribution is 9.10. The number of hydrogen-bond acceptors (Lipinski definition) is 8. The van der Waals surface area contributed by atoms with E-state index in [0.29, 0.717) is 17.8 Å². The molecule has 2 aromatic carbocycles. The predicted octanol–water partition coefficient (Wildman–Crippen LogP) is 5.46. The van der Waals surface area contributed by atoms with Gasteiger partial charge in [-0.05, 0) is 98.0 Å². The lowest BCUT2D eigenvalue weighted by Crippen LogP contribution is -2.33. The Morgan fingerprint density at radius 2 is 1.84 bits per heavy atom. The van der Waals surface area contributed by atoms with Gasteiger partial charge >= 0.3 is 0 Å². The molecule has 0 saturated heterocycles. The van der Waals surface area contributed by atoms with Crippen molar-refractivity contribution in [1.82, 2.24) is 24.8 Å². The smallest absolute Gasteiger partial charge is 0.229 e. The van der Waals surface area contributed by atoms with Gasteiger partial charge in [-0.25, -0.2) is 4.98 Å². The Bertz CT molecular complexity index is 1450. The number of likely N-dealkylation sites (N-methyl/N-ethyl adjacent to an activating group) is 1. The fourth-order valence-corrected chi connectivity index (χ4v) is 6.31. The molecule has 0 spiro atoms. The summed E-state index contributed by atoms with van der Waals surface area (Å²) >= 11 is 3.61. The molecule has 4 aromatic rings. The van der Waals surface area contributed by atoms with Crippen LogP contribution in [-0.4, -0.2) is 65.4 Å². The maximum atomic E-state index is 5.74. The molecule has 0 aliphatic heterocycles. The number of benzene rings is 2. The molecule has 8 nitrogen and oxygen atoms in total. The first-order chi connectivity index (χ1) is 17.8. The minimum atomic E-state index is -0.447. The molecule has 5 rings (SSSR count). The van der Waals surface area contributed by atoms with Crippen LogP contribution in [0.2, 0.25) is 0 Å². The zero-order valence-electron chi connectivity index (χ0n) is 21.7. The minimum absolute atomic E-state index is 0.447. The molecule has 0 bridgehead atoms. The summed E-state index contributed by atoms with van der Waals surface area (Å²) in [6, 6.07) is 8.92. The quantitative estimate of drug-likeness (QED) is 0.279. The SMILES string of the molecule is COc1cc2c(cc1Nc1ncc(Br)c(Nc3ccc4nccnc4c3P(C)C)n1)CCC(N(C)C)C2. The molecule has 1 aliphatic rings. The van der Waals surface area contributed by atoms with Crippen LogP contribution in [0.5, 0.6) is 5.75 Å². The van der Waals surface area contributed by atoms with Crippen molar-refractivity contribution in [3.05, 3.63) is 58.5 Å². The van der Waals surface area contributed by atoms with Crippen molar-refractivity contribution >= 4 is 63.3 Å². The molecule has 2 heterocycles. The molecule has 0 saturated carbocycles. The maximum Gasteiger partial charge on any atom is 0.229 e. The van der Waals surface area contributed by atoms with Crippen molar-refractivity contribution in [1.29, 1.82) is 0 Å². The maximum absolute atomic E-state index is 5.74. The van der Waals surface area contributed by atoms with Gasteiger partial charge in [0.2, 0.25) is 5.95 Å². The van der Waals surface area contributed by atoms with Gasteiger partial charge in [-0.2, -0.15) is 4.98 Å². The van der Waals surface area contributed by atoms with Crippen LogP contribution in [0, 0.1) is 0 Å². The molecular formula is C27H31BrN7OP. The van der Waals surface area contributed by atoms with E-state index in [1.54, 1.807) is 25.7 Å². The average Bonchev–Trinajstić information content (AvgIpc) is 2.89. The first kappa shape index (κ1) is 25.8. The first-order valence-corrected chi connectivity index (χ1v) is 15.2. The standard InChI is InChI=1S/C27H31BrN7OP/c1-35(2)18-7-6-16-13-22(23(36-3)14-17(16)12-18)33-27-31-15-19(28)26(34-27)32-21-9-8-20-24(25(21)37(4)5)30-11-10-29-20/h8-11,13-15,18H,6-7,12H2,1-5H3,(H2,31,32,33,34). The highest BCUT2D eigenvalue weighted by Crippen LogP contribution is 2.36. The number of ether oxygens (including phenoxy) is 1. The summed E-state index contributed by atoms with van der Waals surface area (Å²) in [7, 11) is 5.55. The minimum Gasteiger partial charge on any atom is -0.495 e. The van der Waals surface area contributed by atoms with Crippen LogP contribution in [0.1, 0.15) is 17.5 Å². The van der Waals surface area contributed by atoms with Gasteiger partial charge in [0.25, 0.3) is 0 Å². The molecule has 1 atom stereocenters. The number of aromatic nitrogens is 4. The molecule has 2 N–H and O–H groups in total. The van der Waals surface area contributed by atoms with E-state index in [-0.39, 0.29) is 0 Å². The molecule has 2 aromatic heterocycles. The lowest BCUT2D eigenvalue weighted by Gasteiger charge is -2.30. The van der Waals surface area contributed by atoms with Gasteiger partial charge in [0, 0.05) is 35.6 Å². The molecular weight excluding hydrogens is 549 g/mol. The van der Waals surface area contributed by atoms with Gasteiger partial charge in [0.15, 0.2) is 0 Å². The van der Waals surface area contributed by atoms with E-state index in [2.05, 4.69) is 86.0 Å². The number of hydrogen-bond donors (Lipinski definition) is 2. The van der Waals surface area contributed by atoms with Gasteiger partial charge in [0.05, 0.1) is 28.3 Å². The van der Waals surface area contributed by atoms with Crippen molar-refractivity contribution in [2.75, 3.05) is 45.2 Å². The van der Waals surface area contributed by atoms with E-state index >= 15 is 0 Å². The second-order valence-corrected chi connectivity index (χ2v) is 12.7. The first-order valence-electron chi connectivity index (χ1n) is 12.2. The monoisotopic (exact) mass is 579 g/mol. The zero-order valence-corrected chi connectivity index (χ0v) is 24.2. The van der Waals surface area contributed by atoms with Crippen LogP contribution in [0.3, 0.4) is 0 Å². The van der Waals surface area contributed by atoms with Gasteiger partial charge in [-0.1, -0.05) is 7.92 Å². The Hall–Kier alpha value is -2.87. The van der Waals surface area contributed by atoms with E-state index < -0.39 is 7.92 Å². The topological polar surface area (TPSA) is 88.1 Å². The van der Waals surface area contributed by atoms with E-state index in [0.717, 1.165) is 57.2 Å². The number of halogens is 1. The van der Waals surface area contributed by atoms with E-state index in [1.807, 2.05) is 12.1 Å². The van der Waals surface area contributed by atoms with Crippen LogP contribution in [0.4, 0.5) is 23.1 Å². The summed E-state index contributed by atoms with van der Waals surface area (Å²) in [6.07, 6.45) is 8.42. The number of nitrogens with one attached hydrogen (secondary N) is 2. The normalized spacial score (nSPS) is 15.2. The third-order valence-corrected chi connectivity index (χ3v) is 8.69. The summed E-state index contributed by atoms with van der Waals surface area (Å²) < 4.78 is 6.51. The van der Waals surface area contributed by atoms with E-state index in [4.69, 9.17) is 9.72 Å². The Morgan fingerprint density at radius 3 is 2.59 bits per heavy atom. The van der Waals surface area contributed by atoms with Crippen LogP contribution in [0.15, 0.2) is 47.3 Å². The molecule has 1 aliphatic carbocycles. The van der Waals surface area contributed by atoms with Crippen molar-refractivity contribution in [3.8, 4) is 5.75 Å². The largest absolute Gasteiger partial charge is 0.495 e. The lowest BCUT2D eigenvalue weighted by atomic mass is 9.87. The van der Waals surface area contributed by atoms with E-state index in [9.17, 15) is 0 Å². The summed E-state index contributed by atoms with van der Waals surface area (Å²) in [4.78, 5) is 20.7. The van der Waals surface area contributed by atoms with Crippen LogP contribution in [-0.2, 0) is 12.8 Å². The van der Waals surface area contributed by atoms with Crippen molar-refractivity contribution in [2.45, 2.75) is 25.3 Å². The second kappa shape index (κ2) is 10.9. The fourth-order valence-electron chi connectivity index (χ4n) is 4.81. The number of nitrogens with zero attached hydrogens (tertiary/aromatic N) is 5. The summed E-state index contributed by atoms with van der Waals surface area (Å²) in [5.41, 5.74) is 6.33. The Kier molecular flexibility index (Phi) is 7.56. The molecule has 0 amide bonds. The lowest BCUT2D eigenvalue weighted by molar-refractivity contribution is 0.268. The van der Waals surface area contributed by atoms with Gasteiger partial charge in [-0.15, -0.1) is 0 Å². The summed E-state index contributed by atoms with van der Waals surface area (Å²) in [5, 5.41) is 8.06. The summed E-state index contributed by atoms with van der Waals surface area (Å²) in [5.74, 6) is 1.95. The molecule has 0 radical (unpaired) electrons. The second-order valence-electron chi connectivity index (χ2n) is 9.60. The van der Waals surface area contributed by atoms with Gasteiger partial charge in [-0.3, -0.25) is 9.97 Å². The third kappa shape index (κ3) is 5.40. The van der Waals surface area contributed by atoms with Crippen LogP contribution >= 0.6 is 23.9 Å². The number of fused-ring (bicyclic) bond motifs is 2. The number of anilines is 4. The van der Waals surface area contributed by atoms with Crippen LogP contribution in [0.25, 0.3) is 11.0 Å². The number of aryl methyl sites for hydroxylation is 1. The Labute approximate surface area is 227 Å². The van der Waals surface area contributed by atoms with Crippen molar-refractivity contribution in [2.24, 2.45) is 0 Å².